The molecular weight excluding hydrogens is 336 g/mol. The molecule has 0 spiro atoms. The molecule has 2 aliphatic heterocycles. The highest BCUT2D eigenvalue weighted by atomic mass is 35.5. The highest BCUT2D eigenvalue weighted by molar-refractivity contribution is 7.90. The zero-order valence-electron chi connectivity index (χ0n) is 13.3. The SMILES string of the molecule is Cc1ccc2c(c1C)S(=O)(=O)N=C(NCC1CCNCC1)N2.Cl. The Morgan fingerprint density at radius 3 is 2.65 bits per heavy atom. The number of halogens is 1. The summed E-state index contributed by atoms with van der Waals surface area (Å²) in [5.41, 5.74) is 2.31. The largest absolute Gasteiger partial charge is 0.355 e. The molecule has 1 aromatic rings. The number of hydrogen-bond donors (Lipinski definition) is 3. The second-order valence-corrected chi connectivity index (χ2v) is 7.54. The summed E-state index contributed by atoms with van der Waals surface area (Å²) in [5, 5.41) is 9.58. The fraction of sp³-hybridized carbons (Fsp3) is 0.533. The van der Waals surface area contributed by atoms with Crippen LogP contribution in [0, 0.1) is 19.8 Å². The van der Waals surface area contributed by atoms with Gasteiger partial charge in [0.05, 0.1) is 5.69 Å². The van der Waals surface area contributed by atoms with Crippen LogP contribution in [0.4, 0.5) is 5.69 Å². The molecule has 3 rings (SSSR count). The van der Waals surface area contributed by atoms with Crippen LogP contribution >= 0.6 is 12.4 Å². The Labute approximate surface area is 143 Å². The number of anilines is 1. The molecule has 3 N–H and O–H groups in total. The highest BCUT2D eigenvalue weighted by Crippen LogP contribution is 2.31. The van der Waals surface area contributed by atoms with Gasteiger partial charge >= 0.3 is 0 Å². The van der Waals surface area contributed by atoms with Crippen LogP contribution in [0.5, 0.6) is 0 Å². The molecule has 0 bridgehead atoms. The summed E-state index contributed by atoms with van der Waals surface area (Å²) < 4.78 is 28.8. The minimum Gasteiger partial charge on any atom is -0.355 e. The lowest BCUT2D eigenvalue weighted by atomic mass is 9.98. The Bertz CT molecular complexity index is 712. The van der Waals surface area contributed by atoms with E-state index in [4.69, 9.17) is 0 Å². The van der Waals surface area contributed by atoms with Gasteiger partial charge in [0.2, 0.25) is 5.96 Å². The van der Waals surface area contributed by atoms with Gasteiger partial charge < -0.3 is 16.0 Å². The second kappa shape index (κ2) is 7.07. The Balaban J connectivity index is 0.00000192. The van der Waals surface area contributed by atoms with Crippen LogP contribution in [-0.4, -0.2) is 34.0 Å². The molecule has 0 saturated carbocycles. The lowest BCUT2D eigenvalue weighted by Gasteiger charge is -2.25. The van der Waals surface area contributed by atoms with Crippen LogP contribution in [0.1, 0.15) is 24.0 Å². The van der Waals surface area contributed by atoms with E-state index in [0.717, 1.165) is 43.6 Å². The number of guanidine groups is 1. The third-order valence-corrected chi connectivity index (χ3v) is 5.88. The van der Waals surface area contributed by atoms with Crippen molar-refractivity contribution in [2.24, 2.45) is 10.3 Å². The Hall–Kier alpha value is -1.31. The van der Waals surface area contributed by atoms with E-state index in [-0.39, 0.29) is 12.4 Å². The molecule has 2 heterocycles. The van der Waals surface area contributed by atoms with Crippen molar-refractivity contribution in [1.29, 1.82) is 0 Å². The number of aryl methyl sites for hydroxylation is 1. The number of nitrogens with zero attached hydrogens (tertiary/aromatic N) is 1. The summed E-state index contributed by atoms with van der Waals surface area (Å²) in [6.07, 6.45) is 2.20. The van der Waals surface area contributed by atoms with Gasteiger partial charge in [0.1, 0.15) is 4.90 Å². The fourth-order valence-electron chi connectivity index (χ4n) is 2.94. The van der Waals surface area contributed by atoms with E-state index in [1.165, 1.54) is 0 Å². The lowest BCUT2D eigenvalue weighted by Crippen LogP contribution is -2.40. The van der Waals surface area contributed by atoms with Crippen LogP contribution < -0.4 is 16.0 Å². The third kappa shape index (κ3) is 3.79. The van der Waals surface area contributed by atoms with Crippen LogP contribution in [0.2, 0.25) is 0 Å². The van der Waals surface area contributed by atoms with Gasteiger partial charge in [0.15, 0.2) is 0 Å². The minimum absolute atomic E-state index is 0. The number of hydrogen-bond acceptors (Lipinski definition) is 5. The summed E-state index contributed by atoms with van der Waals surface area (Å²) >= 11 is 0. The van der Waals surface area contributed by atoms with Gasteiger partial charge in [-0.1, -0.05) is 6.07 Å². The van der Waals surface area contributed by atoms with Gasteiger partial charge in [-0.15, -0.1) is 16.8 Å². The van der Waals surface area contributed by atoms with E-state index in [2.05, 4.69) is 20.3 Å². The van der Waals surface area contributed by atoms with Crippen LogP contribution in [-0.2, 0) is 10.0 Å². The van der Waals surface area contributed by atoms with E-state index >= 15 is 0 Å². The molecule has 128 valence electrons. The van der Waals surface area contributed by atoms with Gasteiger partial charge in [-0.25, -0.2) is 0 Å². The molecule has 1 aromatic carbocycles. The molecule has 8 heteroatoms. The van der Waals surface area contributed by atoms with Crippen molar-refractivity contribution < 1.29 is 8.42 Å². The fourth-order valence-corrected chi connectivity index (χ4v) is 4.33. The van der Waals surface area contributed by atoms with Crippen molar-refractivity contribution in [3.8, 4) is 0 Å². The first-order valence-electron chi connectivity index (χ1n) is 7.64. The number of sulfonamides is 1. The topological polar surface area (TPSA) is 82.6 Å². The monoisotopic (exact) mass is 358 g/mol. The van der Waals surface area contributed by atoms with Gasteiger partial charge in [-0.3, -0.25) is 0 Å². The zero-order chi connectivity index (χ0) is 15.7. The average Bonchev–Trinajstić information content (AvgIpc) is 2.49. The van der Waals surface area contributed by atoms with E-state index < -0.39 is 10.0 Å². The number of fused-ring (bicyclic) bond motifs is 1. The van der Waals surface area contributed by atoms with E-state index in [0.29, 0.717) is 22.5 Å². The predicted molar refractivity (Wildman–Crippen MR) is 95.0 cm³/mol. The maximum atomic E-state index is 12.4. The molecule has 2 aliphatic rings. The van der Waals surface area contributed by atoms with Gasteiger partial charge in [-0.05, 0) is 62.9 Å². The summed E-state index contributed by atoms with van der Waals surface area (Å²) in [4.78, 5) is 0.292. The Kier molecular flexibility index (Phi) is 5.54. The summed E-state index contributed by atoms with van der Waals surface area (Å²) in [6, 6.07) is 3.72. The van der Waals surface area contributed by atoms with Crippen molar-refractivity contribution >= 4 is 34.1 Å². The quantitative estimate of drug-likeness (QED) is 0.750. The number of nitrogens with one attached hydrogen (secondary N) is 3. The van der Waals surface area contributed by atoms with Crippen molar-refractivity contribution in [1.82, 2.24) is 10.6 Å². The maximum absolute atomic E-state index is 12.4. The standard InChI is InChI=1S/C15H22N4O2S.ClH/c1-10-3-4-13-14(11(10)2)22(20,21)19-15(18-13)17-9-12-5-7-16-8-6-12;/h3-4,12,16H,5-9H2,1-2H3,(H2,17,18,19);1H. The summed E-state index contributed by atoms with van der Waals surface area (Å²) in [5.74, 6) is 0.879. The number of piperidine rings is 1. The summed E-state index contributed by atoms with van der Waals surface area (Å²) in [7, 11) is -3.65. The molecule has 0 amide bonds. The van der Waals surface area contributed by atoms with E-state index in [9.17, 15) is 8.42 Å². The minimum atomic E-state index is -3.65. The normalized spacial score (nSPS) is 19.8. The molecule has 0 atom stereocenters. The first-order valence-corrected chi connectivity index (χ1v) is 9.08. The molecule has 1 fully saturated rings. The maximum Gasteiger partial charge on any atom is 0.287 e. The summed E-state index contributed by atoms with van der Waals surface area (Å²) in [6.45, 7) is 6.50. The number of benzene rings is 1. The molecule has 1 saturated heterocycles. The highest BCUT2D eigenvalue weighted by Gasteiger charge is 2.27. The van der Waals surface area contributed by atoms with Crippen LogP contribution in [0.25, 0.3) is 0 Å². The van der Waals surface area contributed by atoms with E-state index in [1.54, 1.807) is 6.07 Å². The smallest absolute Gasteiger partial charge is 0.287 e. The van der Waals surface area contributed by atoms with Crippen molar-refractivity contribution in [2.75, 3.05) is 25.0 Å². The van der Waals surface area contributed by atoms with Crippen molar-refractivity contribution in [3.05, 3.63) is 23.3 Å². The molecule has 23 heavy (non-hydrogen) atoms. The first-order chi connectivity index (χ1) is 10.5. The number of rotatable bonds is 2. The Morgan fingerprint density at radius 2 is 1.96 bits per heavy atom. The second-order valence-electron chi connectivity index (χ2n) is 6.00. The van der Waals surface area contributed by atoms with Crippen molar-refractivity contribution in [3.63, 3.8) is 0 Å². The van der Waals surface area contributed by atoms with Crippen molar-refractivity contribution in [2.45, 2.75) is 31.6 Å². The zero-order valence-corrected chi connectivity index (χ0v) is 15.0. The molecule has 0 aromatic heterocycles. The van der Waals surface area contributed by atoms with Gasteiger partial charge in [0.25, 0.3) is 10.0 Å². The predicted octanol–water partition coefficient (Wildman–Crippen LogP) is 1.78. The first kappa shape index (κ1) is 18.0. The lowest BCUT2D eigenvalue weighted by molar-refractivity contribution is 0.372. The van der Waals surface area contributed by atoms with Gasteiger partial charge in [-0.2, -0.15) is 8.42 Å². The van der Waals surface area contributed by atoms with Gasteiger partial charge in [0, 0.05) is 6.54 Å². The molecule has 0 aliphatic carbocycles. The van der Waals surface area contributed by atoms with Crippen LogP contribution in [0.3, 0.4) is 0 Å². The molecule has 0 unspecified atom stereocenters. The molecule has 0 radical (unpaired) electrons. The average molecular weight is 359 g/mol. The third-order valence-electron chi connectivity index (χ3n) is 4.42. The van der Waals surface area contributed by atoms with E-state index in [1.807, 2.05) is 19.9 Å². The Morgan fingerprint density at radius 1 is 1.26 bits per heavy atom. The van der Waals surface area contributed by atoms with Crippen LogP contribution in [0.15, 0.2) is 21.4 Å². The molecular formula is C15H23ClN4O2S. The molecule has 6 nitrogen and oxygen atoms in total.